The molecule has 3 aliphatic rings. The van der Waals surface area contributed by atoms with Gasteiger partial charge in [-0.3, -0.25) is 0 Å². The zero-order chi connectivity index (χ0) is 46.4. The summed E-state index contributed by atoms with van der Waals surface area (Å²) in [5, 5.41) is 0.839. The fourth-order valence-electron chi connectivity index (χ4n) is 6.47. The van der Waals surface area contributed by atoms with Crippen LogP contribution in [0.1, 0.15) is 85.5 Å². The molecule has 0 amide bonds. The van der Waals surface area contributed by atoms with E-state index in [0.717, 1.165) is 5.56 Å². The van der Waals surface area contributed by atoms with Crippen molar-refractivity contribution in [2.24, 2.45) is 10.8 Å². The Labute approximate surface area is 333 Å². The largest absolute Gasteiger partial charge is 0.486 e. The van der Waals surface area contributed by atoms with Crippen LogP contribution < -0.4 is 0 Å². The summed E-state index contributed by atoms with van der Waals surface area (Å²) < 4.78 is 129. The molecule has 0 fully saturated rings. The van der Waals surface area contributed by atoms with Crippen LogP contribution in [0.3, 0.4) is 0 Å². The van der Waals surface area contributed by atoms with E-state index in [4.69, 9.17) is 18.1 Å². The van der Waals surface area contributed by atoms with E-state index in [2.05, 4.69) is 27.1 Å². The first kappa shape index (κ1) is 21.2. The molecule has 4 nitrogen and oxygen atoms in total. The van der Waals surface area contributed by atoms with Gasteiger partial charge < -0.3 is 14.4 Å². The topological polar surface area (TPSA) is 51.8 Å². The van der Waals surface area contributed by atoms with E-state index in [9.17, 15) is 5.48 Å². The molecule has 5 heteroatoms. The molecule has 1 spiro atoms. The number of aromatic nitrogens is 3. The fourth-order valence-corrected chi connectivity index (χ4v) is 6.47. The van der Waals surface area contributed by atoms with Crippen molar-refractivity contribution >= 4 is 22.1 Å². The molecule has 51 heavy (non-hydrogen) atoms. The van der Waals surface area contributed by atoms with Gasteiger partial charge in [-0.25, -0.2) is 4.98 Å². The van der Waals surface area contributed by atoms with E-state index >= 15 is 0 Å². The van der Waals surface area contributed by atoms with Crippen molar-refractivity contribution in [3.8, 4) is 22.5 Å². The van der Waals surface area contributed by atoms with Gasteiger partial charge in [-0.2, -0.15) is 0 Å². The summed E-state index contributed by atoms with van der Waals surface area (Å²) in [7, 11) is 0. The maximum absolute atomic E-state index is 9.33. The Hall–Kier alpha value is -4.44. The zero-order valence-corrected chi connectivity index (χ0v) is 30.4. The Morgan fingerprint density at radius 1 is 0.784 bits per heavy atom. The maximum Gasteiger partial charge on any atom is 0.216 e. The first-order chi connectivity index (χ1) is 29.6. The average Bonchev–Trinajstić information content (AvgIpc) is 3.79. The van der Waals surface area contributed by atoms with E-state index in [0.29, 0.717) is 50.0 Å². The third-order valence-corrected chi connectivity index (χ3v) is 8.61. The molecule has 0 atom stereocenters. The Morgan fingerprint density at radius 3 is 2.35 bits per heavy atom. The van der Waals surface area contributed by atoms with E-state index in [1.807, 2.05) is 39.0 Å². The summed E-state index contributed by atoms with van der Waals surface area (Å²) in [6.45, 7) is 5.44. The van der Waals surface area contributed by atoms with Crippen molar-refractivity contribution in [2.45, 2.75) is 71.8 Å². The predicted molar refractivity (Wildman–Crippen MR) is 201 cm³/mol. The monoisotopic (exact) mass is 858 g/mol. The van der Waals surface area contributed by atoms with Crippen LogP contribution in [-0.2, 0) is 64.7 Å². The summed E-state index contributed by atoms with van der Waals surface area (Å²) in [5.41, 5.74) is -0.705. The Morgan fingerprint density at radius 2 is 1.57 bits per heavy atom. The van der Waals surface area contributed by atoms with Crippen LogP contribution in [0.15, 0.2) is 102 Å². The molecule has 0 N–H and O–H groups in total. The van der Waals surface area contributed by atoms with Crippen LogP contribution in [0.25, 0.3) is 44.6 Å². The number of hydrogen-bond donors (Lipinski definition) is 0. The smallest absolute Gasteiger partial charge is 0.216 e. The van der Waals surface area contributed by atoms with E-state index in [-0.39, 0.29) is 48.9 Å². The first-order valence-corrected chi connectivity index (χ1v) is 16.5. The molecule has 0 aliphatic heterocycles. The number of aryl methyl sites for hydroxylation is 2. The summed E-state index contributed by atoms with van der Waals surface area (Å²) in [6, 6.07) is 29.0. The van der Waals surface area contributed by atoms with Gasteiger partial charge in [-0.05, 0) is 108 Å². The summed E-state index contributed by atoms with van der Waals surface area (Å²) in [5.74, 6) is 0. The molecule has 0 saturated heterocycles. The predicted octanol–water partition coefficient (Wildman–Crippen LogP) is 10.4. The van der Waals surface area contributed by atoms with Crippen LogP contribution in [0, 0.1) is 23.0 Å². The normalized spacial score (nSPS) is 25.5. The van der Waals surface area contributed by atoms with Crippen molar-refractivity contribution in [1.82, 2.24) is 15.0 Å². The number of hydrogen-bond acceptors (Lipinski definition) is 4. The molecule has 257 valence electrons. The van der Waals surface area contributed by atoms with Gasteiger partial charge in [-0.15, -0.1) is 54.1 Å². The Kier molecular flexibility index (Phi) is 5.51. The van der Waals surface area contributed by atoms with E-state index in [1.165, 1.54) is 42.7 Å². The van der Waals surface area contributed by atoms with Crippen LogP contribution in [0.5, 0.6) is 0 Å². The Bertz CT molecular complexity index is 3000. The van der Waals surface area contributed by atoms with Gasteiger partial charge in [0.25, 0.3) is 0 Å². The van der Waals surface area contributed by atoms with E-state index in [1.54, 1.807) is 36.4 Å². The van der Waals surface area contributed by atoms with Crippen molar-refractivity contribution in [3.63, 3.8) is 0 Å². The molecule has 0 unspecified atom stereocenters. The molecule has 3 aromatic carbocycles. The summed E-state index contributed by atoms with van der Waals surface area (Å²) in [6.07, 6.45) is -13.4. The molecular weight excluding hydrogens is 803 g/mol. The van der Waals surface area contributed by atoms with E-state index < -0.39 is 61.1 Å². The minimum absolute atomic E-state index is 0. The number of furan rings is 1. The molecule has 3 aliphatic carbocycles. The minimum Gasteiger partial charge on any atom is -0.486 e. The molecule has 1 radical (unpaired) electrons. The van der Waals surface area contributed by atoms with Gasteiger partial charge in [0.1, 0.15) is 0 Å². The zero-order valence-electron chi connectivity index (χ0n) is 42.0. The fraction of sp³-hybridized carbons (Fsp3) is 0.283. The molecule has 4 aromatic heterocycles. The van der Waals surface area contributed by atoms with Gasteiger partial charge in [0.05, 0.1) is 5.58 Å². The summed E-state index contributed by atoms with van der Waals surface area (Å²) in [4.78, 5) is 13.2. The molecule has 0 bridgehead atoms. The number of pyridine rings is 3. The van der Waals surface area contributed by atoms with Gasteiger partial charge in [0.15, 0.2) is 0 Å². The van der Waals surface area contributed by atoms with Crippen LogP contribution >= 0.6 is 0 Å². The van der Waals surface area contributed by atoms with Crippen molar-refractivity contribution in [1.29, 1.82) is 0 Å². The minimum atomic E-state index is -2.91. The van der Waals surface area contributed by atoms with Gasteiger partial charge >= 0.3 is 0 Å². The number of nitrogens with zero attached hydrogens (tertiary/aromatic N) is 3. The standard InChI is InChI=1S/C32H29N2O.C14H12N.Ir/c1-31(2,3)15-20-11-12-33-27(13-20)25-10-6-9-24-26-14-23-18-32(16-21-7-4-5-8-22(21)17-32)19-28(23)34-30(26)35-29(24)25;1-2-5-11(6-3-1)14-9-12-7-4-8-13(12)10-15-14;/h4-9,11-14H,15-19H2,1-3H3;1-3,5,9-10H,4,7-8H2;/q2*-1;/i15D2,16D2,17D2,18D2,19D2;7D2,8D2;. The van der Waals surface area contributed by atoms with Crippen molar-refractivity contribution in [3.05, 3.63) is 149 Å². The summed E-state index contributed by atoms with van der Waals surface area (Å²) >= 11 is 0. The molecule has 4 heterocycles. The molecule has 10 rings (SSSR count). The number of rotatable bonds is 3. The average molecular weight is 858 g/mol. The second-order valence-electron chi connectivity index (χ2n) is 13.5. The van der Waals surface area contributed by atoms with Crippen molar-refractivity contribution < 1.29 is 43.7 Å². The quantitative estimate of drug-likeness (QED) is 0.166. The SMILES string of the molecule is [2H]C([2H])(c1ccnc(-c2[c-]ccc3c2oc2nc4c(cc23)C([2H])([2H])C2(C([2H])([2H])c3ccccc3C2([2H])[2H])C4([2H])[2H])c1)C(C)(C)C.[2H]C1([2H])CC([2H])([2H])c2cc(-c3[c-]cccc3)ncc21.[Ir]. The van der Waals surface area contributed by atoms with Crippen LogP contribution in [-0.4, -0.2) is 15.0 Å². The van der Waals surface area contributed by atoms with Crippen LogP contribution in [0.4, 0.5) is 0 Å². The van der Waals surface area contributed by atoms with Gasteiger partial charge in [0.2, 0.25) is 5.71 Å². The van der Waals surface area contributed by atoms with Gasteiger partial charge in [0, 0.05) is 62.8 Å². The number of fused-ring (bicyclic) bond motifs is 6. The van der Waals surface area contributed by atoms with Gasteiger partial charge in [-0.1, -0.05) is 79.2 Å². The molecule has 0 saturated carbocycles. The van der Waals surface area contributed by atoms with Crippen molar-refractivity contribution in [2.75, 3.05) is 0 Å². The third-order valence-electron chi connectivity index (χ3n) is 8.61. The first-order valence-electron chi connectivity index (χ1n) is 23.5. The van der Waals surface area contributed by atoms with Crippen LogP contribution in [0.2, 0.25) is 0 Å². The Balaban J connectivity index is 0.000000241. The second-order valence-corrected chi connectivity index (χ2v) is 13.5. The number of benzene rings is 3. The second kappa shape index (κ2) is 13.3. The third kappa shape index (κ3) is 6.59. The molecule has 7 aromatic rings. The molecular formula is C46H41IrN3O-2. The maximum atomic E-state index is 9.33.